The zero-order chi connectivity index (χ0) is 19.4. The molecule has 0 atom stereocenters. The third-order valence-electron chi connectivity index (χ3n) is 5.11. The maximum absolute atomic E-state index is 12.9. The van der Waals surface area contributed by atoms with Crippen LogP contribution >= 0.6 is 0 Å². The Morgan fingerprint density at radius 3 is 2.70 bits per heavy atom. The van der Waals surface area contributed by atoms with Crippen LogP contribution in [0.5, 0.6) is 0 Å². The number of imidazole rings is 1. The fourth-order valence-corrected chi connectivity index (χ4v) is 3.63. The van der Waals surface area contributed by atoms with Gasteiger partial charge >= 0.3 is 0 Å². The molecule has 6 nitrogen and oxygen atoms in total. The minimum absolute atomic E-state index is 0.0802. The predicted octanol–water partition coefficient (Wildman–Crippen LogP) is 2.94. The van der Waals surface area contributed by atoms with E-state index >= 15 is 0 Å². The fraction of sp³-hybridized carbons (Fsp3) is 0.476. The first-order valence-electron chi connectivity index (χ1n) is 9.77. The number of nitrogens with zero attached hydrogens (tertiary/aromatic N) is 3. The summed E-state index contributed by atoms with van der Waals surface area (Å²) >= 11 is 0. The highest BCUT2D eigenvalue weighted by Crippen LogP contribution is 2.22. The van der Waals surface area contributed by atoms with Crippen LogP contribution in [0.1, 0.15) is 64.6 Å². The molecule has 0 bridgehead atoms. The van der Waals surface area contributed by atoms with Gasteiger partial charge in [-0.15, -0.1) is 0 Å². The summed E-state index contributed by atoms with van der Waals surface area (Å²) in [6, 6.07) is 8.05. The number of fused-ring (bicyclic) bond motifs is 1. The van der Waals surface area contributed by atoms with E-state index in [1.165, 1.54) is 0 Å². The molecule has 1 aliphatic heterocycles. The van der Waals surface area contributed by atoms with Crippen molar-refractivity contribution in [2.45, 2.75) is 53.1 Å². The summed E-state index contributed by atoms with van der Waals surface area (Å²) in [6.45, 7) is 8.40. The van der Waals surface area contributed by atoms with Crippen LogP contribution in [-0.2, 0) is 19.5 Å². The van der Waals surface area contributed by atoms with Gasteiger partial charge in [0.2, 0.25) is 0 Å². The lowest BCUT2D eigenvalue weighted by molar-refractivity contribution is 0.0766. The normalized spacial score (nSPS) is 13.1. The van der Waals surface area contributed by atoms with Gasteiger partial charge in [0.1, 0.15) is 5.69 Å². The van der Waals surface area contributed by atoms with E-state index in [0.29, 0.717) is 31.2 Å². The molecule has 0 radical (unpaired) electrons. The molecule has 3 rings (SSSR count). The first-order chi connectivity index (χ1) is 13.0. The molecule has 2 heterocycles. The van der Waals surface area contributed by atoms with Gasteiger partial charge in [-0.05, 0) is 45.6 Å². The summed E-state index contributed by atoms with van der Waals surface area (Å²) < 4.78 is 1.94. The number of hydrogen-bond donors (Lipinski definition) is 1. The summed E-state index contributed by atoms with van der Waals surface area (Å²) in [7, 11) is 0. The molecule has 2 amide bonds. The summed E-state index contributed by atoms with van der Waals surface area (Å²) in [5, 5.41) is 2.95. The van der Waals surface area contributed by atoms with Crippen LogP contribution in [0, 0.1) is 6.92 Å². The average Bonchev–Trinajstić information content (AvgIpc) is 3.07. The molecular formula is C21H28N4O2. The molecular weight excluding hydrogens is 340 g/mol. The molecule has 27 heavy (non-hydrogen) atoms. The van der Waals surface area contributed by atoms with Crippen molar-refractivity contribution in [3.8, 4) is 0 Å². The van der Waals surface area contributed by atoms with E-state index < -0.39 is 0 Å². The van der Waals surface area contributed by atoms with Crippen LogP contribution in [0.4, 0.5) is 0 Å². The zero-order valence-corrected chi connectivity index (χ0v) is 16.4. The van der Waals surface area contributed by atoms with Gasteiger partial charge in [-0.3, -0.25) is 9.59 Å². The van der Waals surface area contributed by atoms with Gasteiger partial charge < -0.3 is 14.8 Å². The van der Waals surface area contributed by atoms with Crippen LogP contribution in [0.15, 0.2) is 24.3 Å². The van der Waals surface area contributed by atoms with Gasteiger partial charge in [-0.2, -0.15) is 0 Å². The van der Waals surface area contributed by atoms with E-state index in [0.717, 1.165) is 42.6 Å². The van der Waals surface area contributed by atoms with Crippen molar-refractivity contribution >= 4 is 11.8 Å². The fourth-order valence-electron chi connectivity index (χ4n) is 3.63. The van der Waals surface area contributed by atoms with Gasteiger partial charge in [0.25, 0.3) is 11.8 Å². The number of carbonyl (C=O) groups excluding carboxylic acids is 2. The van der Waals surface area contributed by atoms with E-state index in [1.54, 1.807) is 4.90 Å². The maximum Gasteiger partial charge on any atom is 0.287 e. The lowest BCUT2D eigenvalue weighted by Crippen LogP contribution is -2.31. The quantitative estimate of drug-likeness (QED) is 0.852. The van der Waals surface area contributed by atoms with E-state index in [4.69, 9.17) is 0 Å². The van der Waals surface area contributed by atoms with Gasteiger partial charge in [0, 0.05) is 26.2 Å². The number of benzene rings is 1. The molecule has 0 aliphatic carbocycles. The van der Waals surface area contributed by atoms with Crippen LogP contribution < -0.4 is 5.32 Å². The largest absolute Gasteiger partial charge is 0.345 e. The lowest BCUT2D eigenvalue weighted by Gasteiger charge is -2.20. The Morgan fingerprint density at radius 1 is 1.22 bits per heavy atom. The first kappa shape index (κ1) is 19.1. The zero-order valence-electron chi connectivity index (χ0n) is 16.4. The smallest absolute Gasteiger partial charge is 0.287 e. The predicted molar refractivity (Wildman–Crippen MR) is 105 cm³/mol. The summed E-state index contributed by atoms with van der Waals surface area (Å²) in [5.41, 5.74) is 3.55. The Morgan fingerprint density at radius 2 is 2.00 bits per heavy atom. The number of aromatic nitrogens is 2. The van der Waals surface area contributed by atoms with Crippen LogP contribution in [0.2, 0.25) is 0 Å². The minimum atomic E-state index is -0.224. The first-order valence-corrected chi connectivity index (χ1v) is 9.77. The molecule has 0 fully saturated rings. The Labute approximate surface area is 160 Å². The van der Waals surface area contributed by atoms with E-state index in [9.17, 15) is 9.59 Å². The Hall–Kier alpha value is -2.63. The molecule has 0 spiro atoms. The third kappa shape index (κ3) is 4.04. The molecule has 1 aromatic carbocycles. The van der Waals surface area contributed by atoms with Crippen molar-refractivity contribution in [2.75, 3.05) is 13.1 Å². The summed E-state index contributed by atoms with van der Waals surface area (Å²) in [5.74, 6) is 0.0505. The van der Waals surface area contributed by atoms with Crippen molar-refractivity contribution in [2.24, 2.45) is 0 Å². The Kier molecular flexibility index (Phi) is 5.94. The number of rotatable bonds is 6. The highest BCUT2D eigenvalue weighted by molar-refractivity contribution is 5.97. The lowest BCUT2D eigenvalue weighted by atomic mass is 10.1. The molecule has 1 aromatic heterocycles. The van der Waals surface area contributed by atoms with Crippen molar-refractivity contribution in [3.05, 3.63) is 52.6 Å². The van der Waals surface area contributed by atoms with Gasteiger partial charge in [0.15, 0.2) is 5.82 Å². The van der Waals surface area contributed by atoms with E-state index in [2.05, 4.69) is 16.4 Å². The second kappa shape index (κ2) is 8.37. The Bertz CT molecular complexity index is 837. The monoisotopic (exact) mass is 368 g/mol. The molecule has 6 heteroatoms. The van der Waals surface area contributed by atoms with Gasteiger partial charge in [-0.1, -0.05) is 29.8 Å². The van der Waals surface area contributed by atoms with Gasteiger partial charge in [-0.25, -0.2) is 4.98 Å². The number of aryl methyl sites for hydroxylation is 1. The van der Waals surface area contributed by atoms with Crippen LogP contribution in [0.3, 0.4) is 0 Å². The van der Waals surface area contributed by atoms with Crippen LogP contribution in [-0.4, -0.2) is 39.4 Å². The second-order valence-electron chi connectivity index (χ2n) is 6.99. The topological polar surface area (TPSA) is 67.2 Å². The number of nitrogens with one attached hydrogen (secondary N) is 1. The SMILES string of the molecule is CCN(CC)C(=O)c1nc(C(=O)NCc2cccc(C)c2)n2c1CCCC2. The maximum atomic E-state index is 12.9. The molecule has 144 valence electrons. The highest BCUT2D eigenvalue weighted by atomic mass is 16.2. The molecule has 0 unspecified atom stereocenters. The molecule has 1 aliphatic rings. The van der Waals surface area contributed by atoms with Crippen molar-refractivity contribution in [1.29, 1.82) is 0 Å². The molecule has 0 saturated heterocycles. The van der Waals surface area contributed by atoms with Crippen molar-refractivity contribution in [1.82, 2.24) is 19.8 Å². The van der Waals surface area contributed by atoms with Crippen molar-refractivity contribution in [3.63, 3.8) is 0 Å². The summed E-state index contributed by atoms with van der Waals surface area (Å²) in [4.78, 5) is 31.9. The number of hydrogen-bond acceptors (Lipinski definition) is 3. The number of amides is 2. The highest BCUT2D eigenvalue weighted by Gasteiger charge is 2.29. The molecule has 1 N–H and O–H groups in total. The Balaban J connectivity index is 1.84. The number of carbonyl (C=O) groups is 2. The average molecular weight is 368 g/mol. The van der Waals surface area contributed by atoms with Gasteiger partial charge in [0.05, 0.1) is 5.69 Å². The summed E-state index contributed by atoms with van der Waals surface area (Å²) in [6.07, 6.45) is 2.81. The molecule has 0 saturated carbocycles. The third-order valence-corrected chi connectivity index (χ3v) is 5.11. The minimum Gasteiger partial charge on any atom is -0.345 e. The van der Waals surface area contributed by atoms with Crippen LogP contribution in [0.25, 0.3) is 0 Å². The standard InChI is InChI=1S/C21H28N4O2/c1-4-24(5-2)21(27)18-17-11-6-7-12-25(17)19(23-18)20(26)22-14-16-10-8-9-15(3)13-16/h8-10,13H,4-7,11-12,14H2,1-3H3,(H,22,26). The van der Waals surface area contributed by atoms with E-state index in [-0.39, 0.29) is 11.8 Å². The van der Waals surface area contributed by atoms with E-state index in [1.807, 2.05) is 43.5 Å². The molecule has 2 aromatic rings. The second-order valence-corrected chi connectivity index (χ2v) is 6.99. The van der Waals surface area contributed by atoms with Crippen molar-refractivity contribution < 1.29 is 9.59 Å².